The van der Waals surface area contributed by atoms with Gasteiger partial charge in [0.25, 0.3) is 5.91 Å². The van der Waals surface area contributed by atoms with Crippen molar-refractivity contribution in [2.75, 3.05) is 19.7 Å². The van der Waals surface area contributed by atoms with E-state index in [1.54, 1.807) is 0 Å². The monoisotopic (exact) mass is 305 g/mol. The number of rotatable bonds is 8. The van der Waals surface area contributed by atoms with Crippen LogP contribution in [0.15, 0.2) is 41.8 Å². The summed E-state index contributed by atoms with van der Waals surface area (Å²) in [6, 6.07) is 11.8. The molecule has 0 aliphatic carbocycles. The van der Waals surface area contributed by atoms with Crippen LogP contribution < -0.4 is 15.4 Å². The van der Waals surface area contributed by atoms with E-state index < -0.39 is 0 Å². The molecule has 0 saturated carbocycles. The van der Waals surface area contributed by atoms with E-state index in [2.05, 4.69) is 16.7 Å². The zero-order valence-corrected chi connectivity index (χ0v) is 13.0. The highest BCUT2D eigenvalue weighted by Gasteiger charge is 2.06. The fourth-order valence-corrected chi connectivity index (χ4v) is 2.65. The number of hydrogen-bond donors (Lipinski definition) is 2. The SMILES string of the molecule is CCOc1ccccc1C[NH2+]CCNC(=O)c1cccs1. The molecule has 0 aliphatic heterocycles. The van der Waals surface area contributed by atoms with Crippen molar-refractivity contribution < 1.29 is 14.8 Å². The molecule has 21 heavy (non-hydrogen) atoms. The van der Waals surface area contributed by atoms with Crippen molar-refractivity contribution in [1.29, 1.82) is 0 Å². The number of thiophene rings is 1. The predicted molar refractivity (Wildman–Crippen MR) is 84.8 cm³/mol. The van der Waals surface area contributed by atoms with Crippen LogP contribution in [0.3, 0.4) is 0 Å². The van der Waals surface area contributed by atoms with Crippen molar-refractivity contribution in [3.8, 4) is 5.75 Å². The second kappa shape index (κ2) is 8.44. The molecule has 0 unspecified atom stereocenters. The van der Waals surface area contributed by atoms with Crippen molar-refractivity contribution in [1.82, 2.24) is 5.32 Å². The van der Waals surface area contributed by atoms with Gasteiger partial charge in [0.05, 0.1) is 24.6 Å². The Bertz CT molecular complexity index is 555. The van der Waals surface area contributed by atoms with Crippen molar-refractivity contribution in [3.63, 3.8) is 0 Å². The summed E-state index contributed by atoms with van der Waals surface area (Å²) >= 11 is 1.46. The maximum absolute atomic E-state index is 11.7. The van der Waals surface area contributed by atoms with Gasteiger partial charge in [-0.3, -0.25) is 4.79 Å². The zero-order valence-electron chi connectivity index (χ0n) is 12.2. The average Bonchev–Trinajstić information content (AvgIpc) is 3.03. The smallest absolute Gasteiger partial charge is 0.261 e. The highest BCUT2D eigenvalue weighted by atomic mass is 32.1. The molecule has 1 heterocycles. The van der Waals surface area contributed by atoms with E-state index in [1.807, 2.05) is 42.6 Å². The van der Waals surface area contributed by atoms with Gasteiger partial charge in [-0.15, -0.1) is 11.3 Å². The van der Waals surface area contributed by atoms with Gasteiger partial charge in [0.1, 0.15) is 12.3 Å². The first-order chi connectivity index (χ1) is 10.3. The van der Waals surface area contributed by atoms with Crippen LogP contribution in [0.25, 0.3) is 0 Å². The van der Waals surface area contributed by atoms with Crippen LogP contribution in [0.1, 0.15) is 22.2 Å². The Morgan fingerprint density at radius 2 is 2.14 bits per heavy atom. The van der Waals surface area contributed by atoms with Gasteiger partial charge in [0.2, 0.25) is 0 Å². The molecule has 1 amide bonds. The van der Waals surface area contributed by atoms with Gasteiger partial charge in [-0.05, 0) is 30.5 Å². The lowest BCUT2D eigenvalue weighted by Crippen LogP contribution is -2.84. The van der Waals surface area contributed by atoms with Gasteiger partial charge in [-0.2, -0.15) is 0 Å². The fraction of sp³-hybridized carbons (Fsp3) is 0.312. The highest BCUT2D eigenvalue weighted by Crippen LogP contribution is 2.16. The van der Waals surface area contributed by atoms with Crippen LogP contribution in [0.2, 0.25) is 0 Å². The molecular weight excluding hydrogens is 284 g/mol. The van der Waals surface area contributed by atoms with Gasteiger partial charge in [-0.25, -0.2) is 0 Å². The Balaban J connectivity index is 1.69. The lowest BCUT2D eigenvalue weighted by atomic mass is 10.2. The van der Waals surface area contributed by atoms with Crippen molar-refractivity contribution in [2.24, 2.45) is 0 Å². The summed E-state index contributed by atoms with van der Waals surface area (Å²) in [4.78, 5) is 12.5. The van der Waals surface area contributed by atoms with Gasteiger partial charge in [0.15, 0.2) is 0 Å². The Morgan fingerprint density at radius 1 is 1.29 bits per heavy atom. The molecule has 4 nitrogen and oxygen atoms in total. The number of hydrogen-bond acceptors (Lipinski definition) is 3. The first-order valence-electron chi connectivity index (χ1n) is 7.15. The number of nitrogens with two attached hydrogens (primary N) is 1. The molecule has 1 aromatic heterocycles. The number of benzene rings is 1. The van der Waals surface area contributed by atoms with Gasteiger partial charge >= 0.3 is 0 Å². The number of amides is 1. The van der Waals surface area contributed by atoms with Crippen LogP contribution in [-0.4, -0.2) is 25.6 Å². The molecule has 0 bridgehead atoms. The summed E-state index contributed by atoms with van der Waals surface area (Å²) in [6.45, 7) is 5.02. The van der Waals surface area contributed by atoms with Gasteiger partial charge in [-0.1, -0.05) is 18.2 Å². The summed E-state index contributed by atoms with van der Waals surface area (Å²) < 4.78 is 5.59. The lowest BCUT2D eigenvalue weighted by Gasteiger charge is -2.09. The molecule has 2 aromatic rings. The summed E-state index contributed by atoms with van der Waals surface area (Å²) in [7, 11) is 0. The van der Waals surface area contributed by atoms with Gasteiger partial charge < -0.3 is 15.4 Å². The number of carbonyl (C=O) groups excluding carboxylic acids is 1. The molecule has 3 N–H and O–H groups in total. The fourth-order valence-electron chi connectivity index (χ4n) is 2.01. The summed E-state index contributed by atoms with van der Waals surface area (Å²) in [5.41, 5.74) is 1.18. The third kappa shape index (κ3) is 4.88. The third-order valence-electron chi connectivity index (χ3n) is 3.02. The Labute approximate surface area is 129 Å². The molecule has 0 aliphatic rings. The molecule has 112 valence electrons. The molecule has 1 aromatic carbocycles. The van der Waals surface area contributed by atoms with Crippen molar-refractivity contribution in [2.45, 2.75) is 13.5 Å². The molecular formula is C16H21N2O2S+. The standard InChI is InChI=1S/C16H20N2O2S/c1-2-20-14-7-4-3-6-13(14)12-17-9-10-18-16(19)15-8-5-11-21-15/h3-8,11,17H,2,9-10,12H2,1H3,(H,18,19)/p+1. The maximum atomic E-state index is 11.7. The molecule has 2 rings (SSSR count). The number of ether oxygens (including phenoxy) is 1. The van der Waals surface area contributed by atoms with E-state index >= 15 is 0 Å². The quantitative estimate of drug-likeness (QED) is 0.729. The molecule has 0 spiro atoms. The van der Waals surface area contributed by atoms with E-state index in [1.165, 1.54) is 16.9 Å². The number of quaternary nitrogens is 1. The minimum absolute atomic E-state index is 0.00752. The number of nitrogens with one attached hydrogen (secondary N) is 1. The molecule has 0 fully saturated rings. The van der Waals surface area contributed by atoms with Crippen LogP contribution in [-0.2, 0) is 6.54 Å². The lowest BCUT2D eigenvalue weighted by molar-refractivity contribution is -0.668. The van der Waals surface area contributed by atoms with Crippen LogP contribution in [0, 0.1) is 0 Å². The summed E-state index contributed by atoms with van der Waals surface area (Å²) in [6.07, 6.45) is 0. The van der Waals surface area contributed by atoms with E-state index in [-0.39, 0.29) is 5.91 Å². The van der Waals surface area contributed by atoms with E-state index in [9.17, 15) is 4.79 Å². The van der Waals surface area contributed by atoms with Crippen LogP contribution in [0.4, 0.5) is 0 Å². The topological polar surface area (TPSA) is 54.9 Å². The van der Waals surface area contributed by atoms with Crippen LogP contribution >= 0.6 is 11.3 Å². The predicted octanol–water partition coefficient (Wildman–Crippen LogP) is 1.64. The van der Waals surface area contributed by atoms with Gasteiger partial charge in [0, 0.05) is 5.56 Å². The molecule has 0 saturated heterocycles. The van der Waals surface area contributed by atoms with Crippen molar-refractivity contribution >= 4 is 17.2 Å². The first-order valence-corrected chi connectivity index (χ1v) is 8.03. The Hall–Kier alpha value is -1.85. The highest BCUT2D eigenvalue weighted by molar-refractivity contribution is 7.12. The number of para-hydroxylation sites is 1. The normalized spacial score (nSPS) is 10.3. The summed E-state index contributed by atoms with van der Waals surface area (Å²) in [5.74, 6) is 0.951. The molecule has 0 radical (unpaired) electrons. The van der Waals surface area contributed by atoms with E-state index in [0.29, 0.717) is 13.2 Å². The average molecular weight is 305 g/mol. The van der Waals surface area contributed by atoms with Crippen LogP contribution in [0.5, 0.6) is 5.75 Å². The van der Waals surface area contributed by atoms with Crippen molar-refractivity contribution in [3.05, 3.63) is 52.2 Å². The van der Waals surface area contributed by atoms with E-state index in [0.717, 1.165) is 23.7 Å². The number of carbonyl (C=O) groups is 1. The molecule has 0 atom stereocenters. The third-order valence-corrected chi connectivity index (χ3v) is 3.88. The Morgan fingerprint density at radius 3 is 2.90 bits per heavy atom. The van der Waals surface area contributed by atoms with E-state index in [4.69, 9.17) is 4.74 Å². The second-order valence-electron chi connectivity index (χ2n) is 4.56. The molecule has 5 heteroatoms. The largest absolute Gasteiger partial charge is 0.493 e. The minimum Gasteiger partial charge on any atom is -0.493 e. The minimum atomic E-state index is 0.00752. The Kier molecular flexibility index (Phi) is 6.24. The summed E-state index contributed by atoms with van der Waals surface area (Å²) in [5, 5.41) is 7.00. The maximum Gasteiger partial charge on any atom is 0.261 e. The second-order valence-corrected chi connectivity index (χ2v) is 5.50. The first kappa shape index (κ1) is 15.5. The zero-order chi connectivity index (χ0) is 14.9.